The van der Waals surface area contributed by atoms with Crippen molar-refractivity contribution in [3.05, 3.63) is 54.1 Å². The number of hydrogen-bond acceptors (Lipinski definition) is 3. The number of aromatic hydroxyl groups is 2. The highest BCUT2D eigenvalue weighted by Crippen LogP contribution is 2.44. The summed E-state index contributed by atoms with van der Waals surface area (Å²) in [6, 6.07) is 14.6. The van der Waals surface area contributed by atoms with E-state index in [1.807, 2.05) is 37.3 Å². The van der Waals surface area contributed by atoms with Crippen molar-refractivity contribution >= 4 is 10.8 Å². The lowest BCUT2D eigenvalue weighted by Gasteiger charge is -2.15. The first-order valence-electron chi connectivity index (χ1n) is 6.71. The summed E-state index contributed by atoms with van der Waals surface area (Å²) in [5.74, 6) is 0.940. The Balaban J connectivity index is 2.43. The molecule has 0 aliphatic carbocycles. The van der Waals surface area contributed by atoms with E-state index in [4.69, 9.17) is 4.74 Å². The minimum atomic E-state index is 0.125. The van der Waals surface area contributed by atoms with Gasteiger partial charge in [0.25, 0.3) is 0 Å². The number of methoxy groups -OCH3 is 1. The van der Waals surface area contributed by atoms with Crippen LogP contribution < -0.4 is 4.74 Å². The first-order valence-corrected chi connectivity index (χ1v) is 6.71. The summed E-state index contributed by atoms with van der Waals surface area (Å²) in [4.78, 5) is 0. The Morgan fingerprint density at radius 1 is 0.810 bits per heavy atom. The molecule has 0 spiro atoms. The Bertz CT molecular complexity index is 822. The van der Waals surface area contributed by atoms with Crippen molar-refractivity contribution in [2.45, 2.75) is 6.92 Å². The van der Waals surface area contributed by atoms with E-state index in [0.29, 0.717) is 16.9 Å². The standard InChI is InChI=1S/C18H16O3/c1-11-16(21-2)10-9-14(19)17(11)18-13-6-4-3-5-12(13)7-8-15(18)20/h3-10,19-20H,1-2H3. The zero-order valence-corrected chi connectivity index (χ0v) is 11.9. The number of benzene rings is 3. The van der Waals surface area contributed by atoms with Gasteiger partial charge in [-0.1, -0.05) is 30.3 Å². The number of hydrogen-bond donors (Lipinski definition) is 2. The summed E-state index contributed by atoms with van der Waals surface area (Å²) in [7, 11) is 1.59. The lowest BCUT2D eigenvalue weighted by molar-refractivity contribution is 0.409. The molecule has 0 saturated carbocycles. The maximum absolute atomic E-state index is 10.3. The molecule has 0 saturated heterocycles. The molecule has 0 amide bonds. The second kappa shape index (κ2) is 5.02. The van der Waals surface area contributed by atoms with Crippen molar-refractivity contribution in [1.29, 1.82) is 0 Å². The second-order valence-electron chi connectivity index (χ2n) is 4.97. The second-order valence-corrected chi connectivity index (χ2v) is 4.97. The van der Waals surface area contributed by atoms with E-state index in [-0.39, 0.29) is 11.5 Å². The van der Waals surface area contributed by atoms with E-state index >= 15 is 0 Å². The fraction of sp³-hybridized carbons (Fsp3) is 0.111. The number of fused-ring (bicyclic) bond motifs is 1. The van der Waals surface area contributed by atoms with Gasteiger partial charge in [0.15, 0.2) is 0 Å². The van der Waals surface area contributed by atoms with Gasteiger partial charge in [-0.25, -0.2) is 0 Å². The van der Waals surface area contributed by atoms with E-state index in [9.17, 15) is 10.2 Å². The van der Waals surface area contributed by atoms with Crippen LogP contribution in [0.25, 0.3) is 21.9 Å². The minimum Gasteiger partial charge on any atom is -0.507 e. The van der Waals surface area contributed by atoms with E-state index in [0.717, 1.165) is 16.3 Å². The highest BCUT2D eigenvalue weighted by molar-refractivity contribution is 6.02. The normalized spacial score (nSPS) is 10.8. The van der Waals surface area contributed by atoms with E-state index in [1.165, 1.54) is 0 Å². The van der Waals surface area contributed by atoms with Gasteiger partial charge in [-0.3, -0.25) is 0 Å². The number of rotatable bonds is 2. The Morgan fingerprint density at radius 3 is 2.24 bits per heavy atom. The number of phenolic OH excluding ortho intramolecular Hbond substituents is 2. The number of phenols is 2. The summed E-state index contributed by atoms with van der Waals surface area (Å²) in [6.07, 6.45) is 0. The third-order valence-corrected chi connectivity index (χ3v) is 3.77. The molecule has 0 fully saturated rings. The van der Waals surface area contributed by atoms with Crippen LogP contribution in [-0.2, 0) is 0 Å². The van der Waals surface area contributed by atoms with Gasteiger partial charge >= 0.3 is 0 Å². The number of ether oxygens (including phenoxy) is 1. The van der Waals surface area contributed by atoms with Crippen molar-refractivity contribution in [3.63, 3.8) is 0 Å². The zero-order chi connectivity index (χ0) is 15.0. The molecule has 0 heterocycles. The predicted molar refractivity (Wildman–Crippen MR) is 84.0 cm³/mol. The van der Waals surface area contributed by atoms with Gasteiger partial charge in [0.05, 0.1) is 7.11 Å². The molecule has 0 aliphatic heterocycles. The van der Waals surface area contributed by atoms with E-state index in [1.54, 1.807) is 25.3 Å². The molecule has 0 atom stereocenters. The average molecular weight is 280 g/mol. The minimum absolute atomic E-state index is 0.125. The average Bonchev–Trinajstić information content (AvgIpc) is 2.49. The van der Waals surface area contributed by atoms with Gasteiger partial charge in [0.2, 0.25) is 0 Å². The van der Waals surface area contributed by atoms with Crippen molar-refractivity contribution in [2.24, 2.45) is 0 Å². The van der Waals surface area contributed by atoms with Gasteiger partial charge < -0.3 is 14.9 Å². The van der Waals surface area contributed by atoms with Gasteiger partial charge in [-0.15, -0.1) is 0 Å². The molecule has 0 bridgehead atoms. The van der Waals surface area contributed by atoms with Crippen LogP contribution >= 0.6 is 0 Å². The Morgan fingerprint density at radius 2 is 1.48 bits per heavy atom. The largest absolute Gasteiger partial charge is 0.507 e. The molecule has 3 aromatic carbocycles. The molecule has 2 N–H and O–H groups in total. The summed E-state index contributed by atoms with van der Waals surface area (Å²) in [5.41, 5.74) is 2.02. The van der Waals surface area contributed by atoms with Gasteiger partial charge in [-0.2, -0.15) is 0 Å². The topological polar surface area (TPSA) is 49.7 Å². The van der Waals surface area contributed by atoms with Crippen LogP contribution in [0.1, 0.15) is 5.56 Å². The highest BCUT2D eigenvalue weighted by atomic mass is 16.5. The van der Waals surface area contributed by atoms with Crippen LogP contribution in [0.15, 0.2) is 48.5 Å². The Hall–Kier alpha value is -2.68. The summed E-state index contributed by atoms with van der Waals surface area (Å²) in [6.45, 7) is 1.87. The third kappa shape index (κ3) is 2.07. The fourth-order valence-electron chi connectivity index (χ4n) is 2.74. The Kier molecular flexibility index (Phi) is 3.18. The van der Waals surface area contributed by atoms with Crippen LogP contribution in [0.5, 0.6) is 17.2 Å². The van der Waals surface area contributed by atoms with E-state index < -0.39 is 0 Å². The first-order chi connectivity index (χ1) is 10.1. The molecule has 0 radical (unpaired) electrons. The van der Waals surface area contributed by atoms with Crippen molar-refractivity contribution in [3.8, 4) is 28.4 Å². The summed E-state index contributed by atoms with van der Waals surface area (Å²) in [5, 5.41) is 22.5. The molecular formula is C18H16O3. The molecular weight excluding hydrogens is 264 g/mol. The van der Waals surface area contributed by atoms with Gasteiger partial charge in [-0.05, 0) is 35.9 Å². The zero-order valence-electron chi connectivity index (χ0n) is 11.9. The molecule has 0 unspecified atom stereocenters. The van der Waals surface area contributed by atoms with Crippen molar-refractivity contribution in [2.75, 3.05) is 7.11 Å². The fourth-order valence-corrected chi connectivity index (χ4v) is 2.74. The van der Waals surface area contributed by atoms with Gasteiger partial charge in [0.1, 0.15) is 17.2 Å². The van der Waals surface area contributed by atoms with Crippen LogP contribution in [0.4, 0.5) is 0 Å². The first kappa shape index (κ1) is 13.3. The van der Waals surface area contributed by atoms with Gasteiger partial charge in [0, 0.05) is 16.7 Å². The lowest BCUT2D eigenvalue weighted by Crippen LogP contribution is -1.92. The van der Waals surface area contributed by atoms with Crippen LogP contribution in [-0.4, -0.2) is 17.3 Å². The van der Waals surface area contributed by atoms with Crippen molar-refractivity contribution in [1.82, 2.24) is 0 Å². The molecule has 3 aromatic rings. The molecule has 0 aliphatic rings. The maximum atomic E-state index is 10.3. The molecule has 106 valence electrons. The van der Waals surface area contributed by atoms with Crippen LogP contribution in [0, 0.1) is 6.92 Å². The highest BCUT2D eigenvalue weighted by Gasteiger charge is 2.17. The predicted octanol–water partition coefficient (Wildman–Crippen LogP) is 4.24. The van der Waals surface area contributed by atoms with Crippen LogP contribution in [0.2, 0.25) is 0 Å². The van der Waals surface area contributed by atoms with E-state index in [2.05, 4.69) is 0 Å². The lowest BCUT2D eigenvalue weighted by atomic mass is 9.93. The smallest absolute Gasteiger partial charge is 0.124 e. The molecule has 21 heavy (non-hydrogen) atoms. The Labute approximate surface area is 123 Å². The summed E-state index contributed by atoms with van der Waals surface area (Å²) >= 11 is 0. The molecule has 0 aromatic heterocycles. The van der Waals surface area contributed by atoms with Crippen molar-refractivity contribution < 1.29 is 14.9 Å². The molecule has 3 heteroatoms. The summed E-state index contributed by atoms with van der Waals surface area (Å²) < 4.78 is 5.32. The SMILES string of the molecule is COc1ccc(O)c(-c2c(O)ccc3ccccc23)c1C. The molecule has 3 rings (SSSR count). The maximum Gasteiger partial charge on any atom is 0.124 e. The third-order valence-electron chi connectivity index (χ3n) is 3.77. The monoisotopic (exact) mass is 280 g/mol. The quantitative estimate of drug-likeness (QED) is 0.738. The molecule has 3 nitrogen and oxygen atoms in total. The van der Waals surface area contributed by atoms with Crippen LogP contribution in [0.3, 0.4) is 0 Å².